The van der Waals surface area contributed by atoms with Gasteiger partial charge in [-0.3, -0.25) is 4.79 Å². The van der Waals surface area contributed by atoms with Gasteiger partial charge in [-0.05, 0) is 43.2 Å². The third-order valence-electron chi connectivity index (χ3n) is 7.04. The van der Waals surface area contributed by atoms with Crippen LogP contribution in [0.3, 0.4) is 0 Å². The van der Waals surface area contributed by atoms with Gasteiger partial charge in [-0.15, -0.1) is 0 Å². The number of benzene rings is 2. The van der Waals surface area contributed by atoms with E-state index in [9.17, 15) is 9.90 Å². The summed E-state index contributed by atoms with van der Waals surface area (Å²) in [6, 6.07) is 12.2. The molecular formula is C31H40N4O3. The van der Waals surface area contributed by atoms with Crippen molar-refractivity contribution < 1.29 is 14.6 Å². The Hall–Kier alpha value is -3.61. The molecule has 0 amide bonds. The number of anilines is 2. The first kappa shape index (κ1) is 27.4. The zero-order valence-corrected chi connectivity index (χ0v) is 22.8. The van der Waals surface area contributed by atoms with E-state index in [2.05, 4.69) is 36.3 Å². The quantitative estimate of drug-likeness (QED) is 0.201. The number of aromatic nitrogens is 2. The first-order valence-electron chi connectivity index (χ1n) is 13.9. The topological polar surface area (TPSA) is 78.8 Å². The molecule has 0 bridgehead atoms. The minimum absolute atomic E-state index is 0.0695. The summed E-state index contributed by atoms with van der Waals surface area (Å²) in [7, 11) is 0. The first-order valence-corrected chi connectivity index (χ1v) is 13.9. The van der Waals surface area contributed by atoms with Gasteiger partial charge in [-0.25, -0.2) is 0 Å². The Labute approximate surface area is 226 Å². The van der Waals surface area contributed by atoms with Crippen molar-refractivity contribution in [2.75, 3.05) is 36.0 Å². The van der Waals surface area contributed by atoms with E-state index in [4.69, 9.17) is 14.7 Å². The molecule has 0 radical (unpaired) electrons. The molecule has 0 saturated carbocycles. The number of allylic oxidation sites excluding steroid dienone is 1. The molecule has 202 valence electrons. The van der Waals surface area contributed by atoms with Crippen LogP contribution in [0.1, 0.15) is 63.6 Å². The minimum atomic E-state index is 0.0695. The lowest BCUT2D eigenvalue weighted by atomic mass is 10.0. The van der Waals surface area contributed by atoms with Crippen LogP contribution in [0.15, 0.2) is 49.1 Å². The lowest BCUT2D eigenvalue weighted by molar-refractivity contribution is -0.114. The summed E-state index contributed by atoms with van der Waals surface area (Å²) in [6.07, 6.45) is 7.59. The van der Waals surface area contributed by atoms with Crippen LogP contribution in [0.25, 0.3) is 10.8 Å². The second-order valence-electron chi connectivity index (χ2n) is 9.93. The van der Waals surface area contributed by atoms with Gasteiger partial charge < -0.3 is 19.6 Å². The smallest absolute Gasteiger partial charge is 0.318 e. The Morgan fingerprint density at radius 1 is 1.13 bits per heavy atom. The molecule has 0 atom stereocenters. The summed E-state index contributed by atoms with van der Waals surface area (Å²) >= 11 is 0. The van der Waals surface area contributed by atoms with Crippen LogP contribution in [0.5, 0.6) is 11.8 Å². The van der Waals surface area contributed by atoms with Crippen LogP contribution < -0.4 is 14.5 Å². The predicted octanol–water partition coefficient (Wildman–Crippen LogP) is 6.22. The molecule has 2 aromatic carbocycles. The van der Waals surface area contributed by atoms with Crippen LogP contribution in [0, 0.1) is 0 Å². The second kappa shape index (κ2) is 13.3. The number of ketones is 1. The number of phenolic OH excluding ortho intramolecular Hbond substituents is 1. The van der Waals surface area contributed by atoms with Crippen LogP contribution in [0.2, 0.25) is 0 Å². The molecule has 0 aliphatic carbocycles. The summed E-state index contributed by atoms with van der Waals surface area (Å²) in [6.45, 7) is 11.5. The van der Waals surface area contributed by atoms with Crippen molar-refractivity contribution >= 4 is 28.1 Å². The van der Waals surface area contributed by atoms with E-state index < -0.39 is 0 Å². The SMILES string of the molecule is C=CC(=O)CCCN(CCC)c1nc(OCCCCC)nc2c1CCN(c1cc(O)cc3ccccc13)C2. The fourth-order valence-corrected chi connectivity index (χ4v) is 5.11. The molecule has 0 unspecified atom stereocenters. The average Bonchev–Trinajstić information content (AvgIpc) is 2.93. The number of ether oxygens (including phenoxy) is 1. The highest BCUT2D eigenvalue weighted by Crippen LogP contribution is 2.36. The Kier molecular flexibility index (Phi) is 9.57. The average molecular weight is 517 g/mol. The summed E-state index contributed by atoms with van der Waals surface area (Å²) in [4.78, 5) is 26.2. The number of nitrogens with zero attached hydrogens (tertiary/aromatic N) is 4. The van der Waals surface area contributed by atoms with Gasteiger partial charge in [0.1, 0.15) is 11.6 Å². The van der Waals surface area contributed by atoms with Crippen molar-refractivity contribution in [3.05, 3.63) is 60.3 Å². The molecule has 7 nitrogen and oxygen atoms in total. The van der Waals surface area contributed by atoms with Crippen molar-refractivity contribution in [3.63, 3.8) is 0 Å². The zero-order valence-electron chi connectivity index (χ0n) is 22.8. The molecule has 1 aliphatic rings. The molecule has 0 fully saturated rings. The maximum atomic E-state index is 11.8. The number of fused-ring (bicyclic) bond motifs is 2. The van der Waals surface area contributed by atoms with Gasteiger partial charge in [0, 0.05) is 48.8 Å². The predicted molar refractivity (Wildman–Crippen MR) is 154 cm³/mol. The van der Waals surface area contributed by atoms with E-state index in [0.717, 1.165) is 91.7 Å². The van der Waals surface area contributed by atoms with Crippen LogP contribution in [-0.2, 0) is 17.8 Å². The van der Waals surface area contributed by atoms with Crippen molar-refractivity contribution in [1.82, 2.24) is 9.97 Å². The van der Waals surface area contributed by atoms with Crippen molar-refractivity contribution in [2.24, 2.45) is 0 Å². The molecule has 1 aliphatic heterocycles. The van der Waals surface area contributed by atoms with E-state index in [0.29, 0.717) is 25.6 Å². The highest BCUT2D eigenvalue weighted by Gasteiger charge is 2.26. The highest BCUT2D eigenvalue weighted by molar-refractivity contribution is 5.95. The number of hydrogen-bond acceptors (Lipinski definition) is 7. The van der Waals surface area contributed by atoms with Crippen molar-refractivity contribution in [3.8, 4) is 11.8 Å². The number of phenols is 1. The number of carbonyl (C=O) groups excluding carboxylic acids is 1. The van der Waals surface area contributed by atoms with Gasteiger partial charge in [0.05, 0.1) is 18.8 Å². The standard InChI is InChI=1S/C31H40N4O3/c1-4-7-10-19-38-31-32-28-22-35(29-21-25(37)20-23-12-8-9-14-26(23)29)18-15-27(28)30(33-31)34(16-5-2)17-11-13-24(36)6-3/h6,8-9,12,14,20-21,37H,3-5,7,10-11,13,15-19,22H2,1-2H3. The molecule has 0 saturated heterocycles. The Morgan fingerprint density at radius 2 is 1.97 bits per heavy atom. The van der Waals surface area contributed by atoms with Crippen molar-refractivity contribution in [1.29, 1.82) is 0 Å². The van der Waals surface area contributed by atoms with Gasteiger partial charge in [0.15, 0.2) is 5.78 Å². The van der Waals surface area contributed by atoms with Gasteiger partial charge in [0.25, 0.3) is 0 Å². The van der Waals surface area contributed by atoms with Gasteiger partial charge in [-0.2, -0.15) is 9.97 Å². The first-order chi connectivity index (χ1) is 18.5. The zero-order chi connectivity index (χ0) is 26.9. The molecule has 1 N–H and O–H groups in total. The molecule has 1 aromatic heterocycles. The fourth-order valence-electron chi connectivity index (χ4n) is 5.11. The van der Waals surface area contributed by atoms with Crippen LogP contribution in [0.4, 0.5) is 11.5 Å². The number of rotatable bonds is 14. The van der Waals surface area contributed by atoms with E-state index in [-0.39, 0.29) is 11.5 Å². The Bertz CT molecular complexity index is 1260. The minimum Gasteiger partial charge on any atom is -0.508 e. The molecule has 3 aromatic rings. The third kappa shape index (κ3) is 6.63. The summed E-state index contributed by atoms with van der Waals surface area (Å²) in [5, 5.41) is 12.6. The third-order valence-corrected chi connectivity index (χ3v) is 7.04. The number of aromatic hydroxyl groups is 1. The van der Waals surface area contributed by atoms with Crippen LogP contribution >= 0.6 is 0 Å². The van der Waals surface area contributed by atoms with Gasteiger partial charge in [-0.1, -0.05) is 57.5 Å². The maximum absolute atomic E-state index is 11.8. The molecule has 7 heteroatoms. The van der Waals surface area contributed by atoms with E-state index in [1.807, 2.05) is 24.3 Å². The number of unbranched alkanes of at least 4 members (excludes halogenated alkanes) is 2. The largest absolute Gasteiger partial charge is 0.508 e. The second-order valence-corrected chi connectivity index (χ2v) is 9.93. The number of carbonyl (C=O) groups is 1. The lowest BCUT2D eigenvalue weighted by Crippen LogP contribution is -2.35. The Morgan fingerprint density at radius 3 is 2.76 bits per heavy atom. The van der Waals surface area contributed by atoms with E-state index >= 15 is 0 Å². The number of hydrogen-bond donors (Lipinski definition) is 1. The van der Waals surface area contributed by atoms with Gasteiger partial charge in [0.2, 0.25) is 0 Å². The molecule has 4 rings (SSSR count). The Balaban J connectivity index is 1.67. The molecule has 2 heterocycles. The van der Waals surface area contributed by atoms with Crippen molar-refractivity contribution in [2.45, 2.75) is 65.3 Å². The fraction of sp³-hybridized carbons (Fsp3) is 0.452. The summed E-state index contributed by atoms with van der Waals surface area (Å²) in [5.74, 6) is 1.25. The maximum Gasteiger partial charge on any atom is 0.318 e. The van der Waals surface area contributed by atoms with E-state index in [1.54, 1.807) is 6.07 Å². The van der Waals surface area contributed by atoms with E-state index in [1.165, 1.54) is 6.08 Å². The highest BCUT2D eigenvalue weighted by atomic mass is 16.5. The normalized spacial score (nSPS) is 12.8. The summed E-state index contributed by atoms with van der Waals surface area (Å²) in [5.41, 5.74) is 3.11. The summed E-state index contributed by atoms with van der Waals surface area (Å²) < 4.78 is 6.06. The van der Waals surface area contributed by atoms with Crippen LogP contribution in [-0.4, -0.2) is 47.1 Å². The molecular weight excluding hydrogens is 476 g/mol. The van der Waals surface area contributed by atoms with Gasteiger partial charge >= 0.3 is 6.01 Å². The molecule has 0 spiro atoms. The lowest BCUT2D eigenvalue weighted by Gasteiger charge is -2.34. The monoisotopic (exact) mass is 516 g/mol. The molecule has 38 heavy (non-hydrogen) atoms.